The second-order valence-electron chi connectivity index (χ2n) is 2.42. The number of rotatable bonds is 2. The van der Waals surface area contributed by atoms with E-state index in [-0.39, 0.29) is 0 Å². The van der Waals surface area contributed by atoms with Crippen LogP contribution < -0.4 is 5.73 Å². The van der Waals surface area contributed by atoms with Crippen LogP contribution in [0.2, 0.25) is 0 Å². The molecule has 0 radical (unpaired) electrons. The molecule has 1 aromatic carbocycles. The molecule has 1 aromatic rings. The maximum atomic E-state index is 9.55. The maximum Gasteiger partial charge on any atom is 0.328 e. The summed E-state index contributed by atoms with van der Waals surface area (Å²) in [5.41, 5.74) is 6.18. The number of hydrogen-bond acceptors (Lipinski definition) is 3. The SMILES string of the molecule is Nc1ccccc1.O=C(O)/C=C\C(=O)O. The molecule has 0 atom stereocenters. The van der Waals surface area contributed by atoms with Gasteiger partial charge in [0.1, 0.15) is 0 Å². The molecule has 0 aliphatic heterocycles. The number of anilines is 1. The highest BCUT2D eigenvalue weighted by Gasteiger charge is 1.88. The van der Waals surface area contributed by atoms with Gasteiger partial charge in [0.15, 0.2) is 0 Å². The first-order valence-electron chi connectivity index (χ1n) is 3.97. The fourth-order valence-electron chi connectivity index (χ4n) is 0.596. The molecule has 1 rings (SSSR count). The Labute approximate surface area is 86.5 Å². The van der Waals surface area contributed by atoms with Gasteiger partial charge in [-0.3, -0.25) is 0 Å². The largest absolute Gasteiger partial charge is 0.478 e. The zero-order valence-corrected chi connectivity index (χ0v) is 7.83. The number of carboxylic acids is 2. The van der Waals surface area contributed by atoms with Gasteiger partial charge in [0.2, 0.25) is 0 Å². The fraction of sp³-hybridized carbons (Fsp3) is 0. The van der Waals surface area contributed by atoms with E-state index >= 15 is 0 Å². The molecule has 0 aliphatic carbocycles. The van der Waals surface area contributed by atoms with Crippen molar-refractivity contribution in [3.05, 3.63) is 42.5 Å². The number of nitrogen functional groups attached to an aromatic ring is 1. The fourth-order valence-corrected chi connectivity index (χ4v) is 0.596. The van der Waals surface area contributed by atoms with Crippen molar-refractivity contribution in [1.82, 2.24) is 0 Å². The second-order valence-corrected chi connectivity index (χ2v) is 2.42. The van der Waals surface area contributed by atoms with Crippen molar-refractivity contribution >= 4 is 17.6 Å². The molecule has 15 heavy (non-hydrogen) atoms. The second kappa shape index (κ2) is 7.14. The van der Waals surface area contributed by atoms with E-state index in [2.05, 4.69) is 0 Å². The Bertz CT molecular complexity index is 330. The Hall–Kier alpha value is -2.30. The summed E-state index contributed by atoms with van der Waals surface area (Å²) in [6.45, 7) is 0. The third-order valence-corrected chi connectivity index (χ3v) is 1.17. The zero-order valence-electron chi connectivity index (χ0n) is 7.83. The van der Waals surface area contributed by atoms with Crippen molar-refractivity contribution in [2.45, 2.75) is 0 Å². The number of carboxylic acid groups (broad SMARTS) is 2. The lowest BCUT2D eigenvalue weighted by atomic mass is 10.3. The van der Waals surface area contributed by atoms with E-state index in [0.717, 1.165) is 5.69 Å². The summed E-state index contributed by atoms with van der Waals surface area (Å²) in [6.07, 6.45) is 1.12. The van der Waals surface area contributed by atoms with Crippen LogP contribution in [-0.4, -0.2) is 22.2 Å². The van der Waals surface area contributed by atoms with E-state index < -0.39 is 11.9 Å². The molecule has 5 nitrogen and oxygen atoms in total. The van der Waals surface area contributed by atoms with Crippen LogP contribution in [0.25, 0.3) is 0 Å². The van der Waals surface area contributed by atoms with Crippen molar-refractivity contribution in [2.24, 2.45) is 0 Å². The summed E-state index contributed by atoms with van der Waals surface area (Å²) in [6, 6.07) is 9.49. The molecule has 0 fully saturated rings. The van der Waals surface area contributed by atoms with Gasteiger partial charge in [0, 0.05) is 17.8 Å². The van der Waals surface area contributed by atoms with E-state index in [1.807, 2.05) is 30.3 Å². The van der Waals surface area contributed by atoms with Crippen molar-refractivity contribution < 1.29 is 19.8 Å². The number of aliphatic carboxylic acids is 2. The van der Waals surface area contributed by atoms with E-state index in [9.17, 15) is 9.59 Å². The molecule has 0 saturated heterocycles. The quantitative estimate of drug-likeness (QED) is 0.498. The van der Waals surface area contributed by atoms with E-state index in [4.69, 9.17) is 15.9 Å². The summed E-state index contributed by atoms with van der Waals surface area (Å²) in [4.78, 5) is 19.1. The molecule has 0 aliphatic rings. The molecule has 0 unspecified atom stereocenters. The highest BCUT2D eigenvalue weighted by atomic mass is 16.4. The first kappa shape index (κ1) is 12.7. The molecule has 0 bridgehead atoms. The molecular formula is C10H11NO4. The standard InChI is InChI=1S/C6H7N.C4H4O4/c7-6-4-2-1-3-5-6;5-3(6)1-2-4(7)8/h1-5H,7H2;1-2H,(H,5,6)(H,7,8)/b;2-1-. The van der Waals surface area contributed by atoms with Gasteiger partial charge in [0.05, 0.1) is 0 Å². The number of benzene rings is 1. The minimum absolute atomic E-state index is 0.558. The number of hydrogen-bond donors (Lipinski definition) is 3. The highest BCUT2D eigenvalue weighted by Crippen LogP contribution is 1.95. The first-order chi connectivity index (χ1) is 7.02. The molecule has 0 heterocycles. The van der Waals surface area contributed by atoms with E-state index in [1.54, 1.807) is 0 Å². The third-order valence-electron chi connectivity index (χ3n) is 1.17. The van der Waals surface area contributed by atoms with Crippen molar-refractivity contribution in [3.63, 3.8) is 0 Å². The molecule has 0 aromatic heterocycles. The average molecular weight is 209 g/mol. The third kappa shape index (κ3) is 9.62. The van der Waals surface area contributed by atoms with Gasteiger partial charge in [-0.05, 0) is 12.1 Å². The summed E-state index contributed by atoms with van der Waals surface area (Å²) in [5.74, 6) is -2.51. The number of nitrogens with two attached hydrogens (primary N) is 1. The van der Waals surface area contributed by atoms with Crippen LogP contribution in [0.3, 0.4) is 0 Å². The maximum absolute atomic E-state index is 9.55. The summed E-state index contributed by atoms with van der Waals surface area (Å²) < 4.78 is 0. The molecule has 0 amide bonds. The lowest BCUT2D eigenvalue weighted by Gasteiger charge is -1.83. The van der Waals surface area contributed by atoms with Crippen molar-refractivity contribution in [2.75, 3.05) is 5.73 Å². The lowest BCUT2D eigenvalue weighted by molar-refractivity contribution is -0.134. The molecular weight excluding hydrogens is 198 g/mol. The molecule has 4 N–H and O–H groups in total. The van der Waals surface area contributed by atoms with Gasteiger partial charge in [-0.25, -0.2) is 9.59 Å². The van der Waals surface area contributed by atoms with Gasteiger partial charge in [-0.15, -0.1) is 0 Å². The van der Waals surface area contributed by atoms with Crippen LogP contribution in [0.1, 0.15) is 0 Å². The minimum Gasteiger partial charge on any atom is -0.478 e. The molecule has 0 spiro atoms. The van der Waals surface area contributed by atoms with Gasteiger partial charge in [-0.1, -0.05) is 18.2 Å². The van der Waals surface area contributed by atoms with Crippen LogP contribution in [0.15, 0.2) is 42.5 Å². The van der Waals surface area contributed by atoms with E-state index in [0.29, 0.717) is 12.2 Å². The van der Waals surface area contributed by atoms with Gasteiger partial charge in [0.25, 0.3) is 0 Å². The summed E-state index contributed by atoms with van der Waals surface area (Å²) >= 11 is 0. The molecule has 0 saturated carbocycles. The van der Waals surface area contributed by atoms with Gasteiger partial charge < -0.3 is 15.9 Å². The summed E-state index contributed by atoms with van der Waals surface area (Å²) in [7, 11) is 0. The Morgan fingerprint density at radius 1 is 1.00 bits per heavy atom. The first-order valence-corrected chi connectivity index (χ1v) is 3.97. The topological polar surface area (TPSA) is 101 Å². The van der Waals surface area contributed by atoms with Crippen molar-refractivity contribution in [3.8, 4) is 0 Å². The van der Waals surface area contributed by atoms with Gasteiger partial charge >= 0.3 is 11.9 Å². The predicted molar refractivity (Wildman–Crippen MR) is 55.3 cm³/mol. The highest BCUT2D eigenvalue weighted by molar-refractivity contribution is 5.89. The lowest BCUT2D eigenvalue weighted by Crippen LogP contribution is -1.91. The molecule has 5 heteroatoms. The van der Waals surface area contributed by atoms with Crippen molar-refractivity contribution in [1.29, 1.82) is 0 Å². The monoisotopic (exact) mass is 209 g/mol. The Morgan fingerprint density at radius 2 is 1.40 bits per heavy atom. The van der Waals surface area contributed by atoms with E-state index in [1.165, 1.54) is 0 Å². The predicted octanol–water partition coefficient (Wildman–Crippen LogP) is 0.981. The summed E-state index contributed by atoms with van der Waals surface area (Å²) in [5, 5.41) is 15.6. The molecule has 80 valence electrons. The van der Waals surface area contributed by atoms with Crippen LogP contribution >= 0.6 is 0 Å². The average Bonchev–Trinajstić information content (AvgIpc) is 2.17. The zero-order chi connectivity index (χ0) is 11.7. The van der Waals surface area contributed by atoms with Crippen LogP contribution in [0, 0.1) is 0 Å². The Kier molecular flexibility index (Phi) is 6.04. The van der Waals surface area contributed by atoms with Crippen LogP contribution in [0.4, 0.5) is 5.69 Å². The van der Waals surface area contributed by atoms with Crippen LogP contribution in [0.5, 0.6) is 0 Å². The normalized spacial score (nSPS) is 9.07. The number of para-hydroxylation sites is 1. The van der Waals surface area contributed by atoms with Gasteiger partial charge in [-0.2, -0.15) is 0 Å². The Balaban J connectivity index is 0.000000262. The number of carbonyl (C=O) groups is 2. The Morgan fingerprint density at radius 3 is 1.60 bits per heavy atom. The minimum atomic E-state index is -1.26. The van der Waals surface area contributed by atoms with Crippen LogP contribution in [-0.2, 0) is 9.59 Å². The smallest absolute Gasteiger partial charge is 0.328 e.